The quantitative estimate of drug-likeness (QED) is 0.562. The second-order valence-corrected chi connectivity index (χ2v) is 8.99. The summed E-state index contributed by atoms with van der Waals surface area (Å²) in [7, 11) is 0. The fourth-order valence-electron chi connectivity index (χ4n) is 5.51. The number of hydrogen-bond acceptors (Lipinski definition) is 4. The van der Waals surface area contributed by atoms with E-state index in [-0.39, 0.29) is 48.2 Å². The predicted molar refractivity (Wildman–Crippen MR) is 125 cm³/mol. The van der Waals surface area contributed by atoms with E-state index in [0.717, 1.165) is 37.0 Å². The molecule has 2 aromatic rings. The molecule has 0 unspecified atom stereocenters. The first-order valence-corrected chi connectivity index (χ1v) is 11.9. The topological polar surface area (TPSA) is 87.2 Å². The molecule has 7 nitrogen and oxygen atoms in total. The number of nitrogens with zero attached hydrogens (tertiary/aromatic N) is 2. The van der Waals surface area contributed by atoms with Gasteiger partial charge in [0.1, 0.15) is 5.75 Å². The summed E-state index contributed by atoms with van der Waals surface area (Å²) in [4.78, 5) is 41.2. The first kappa shape index (κ1) is 25.5. The number of carbonyl (C=O) groups excluding carboxylic acids is 2. The van der Waals surface area contributed by atoms with Crippen LogP contribution in [0.15, 0.2) is 48.5 Å². The Kier molecular flexibility index (Phi) is 7.23. The van der Waals surface area contributed by atoms with Crippen molar-refractivity contribution in [1.82, 2.24) is 4.90 Å². The highest BCUT2D eigenvalue weighted by atomic mass is 19.4. The van der Waals surface area contributed by atoms with Crippen LogP contribution in [0, 0.1) is 5.92 Å². The molecule has 0 saturated heterocycles. The van der Waals surface area contributed by atoms with Crippen molar-refractivity contribution in [3.63, 3.8) is 0 Å². The summed E-state index contributed by atoms with van der Waals surface area (Å²) in [5.74, 6) is -2.08. The van der Waals surface area contributed by atoms with Crippen LogP contribution in [-0.4, -0.2) is 46.7 Å². The maximum atomic E-state index is 13.7. The fourth-order valence-corrected chi connectivity index (χ4v) is 5.51. The van der Waals surface area contributed by atoms with Gasteiger partial charge in [-0.3, -0.25) is 14.4 Å². The Balaban J connectivity index is 1.68. The lowest BCUT2D eigenvalue weighted by molar-refractivity contribution is -0.274. The van der Waals surface area contributed by atoms with Gasteiger partial charge in [-0.1, -0.05) is 24.6 Å². The van der Waals surface area contributed by atoms with Gasteiger partial charge in [0.25, 0.3) is 5.91 Å². The van der Waals surface area contributed by atoms with Crippen molar-refractivity contribution >= 4 is 23.5 Å². The SMILES string of the molecule is CCN(C(=O)CCC(=O)O)[C@H]1c2ccccc2N(C(=O)c2ccc(OC(F)(F)F)cc2)[C@H]2CCC[C@H]12. The first-order valence-electron chi connectivity index (χ1n) is 11.9. The molecule has 1 fully saturated rings. The number of hydrogen-bond donors (Lipinski definition) is 1. The number of anilines is 1. The molecule has 1 aliphatic carbocycles. The van der Waals surface area contributed by atoms with E-state index >= 15 is 0 Å². The summed E-state index contributed by atoms with van der Waals surface area (Å²) in [5, 5.41) is 9.03. The van der Waals surface area contributed by atoms with Crippen LogP contribution in [0.5, 0.6) is 5.75 Å². The summed E-state index contributed by atoms with van der Waals surface area (Å²) < 4.78 is 41.5. The number of ether oxygens (including phenoxy) is 1. The molecule has 2 aromatic carbocycles. The second kappa shape index (κ2) is 10.2. The number of amides is 2. The Hall–Kier alpha value is -3.56. The second-order valence-electron chi connectivity index (χ2n) is 8.99. The number of carboxylic acids is 1. The van der Waals surface area contributed by atoms with Crippen molar-refractivity contribution in [1.29, 1.82) is 0 Å². The molecule has 0 spiro atoms. The van der Waals surface area contributed by atoms with Crippen LogP contribution in [0.2, 0.25) is 0 Å². The van der Waals surface area contributed by atoms with Crippen molar-refractivity contribution in [2.75, 3.05) is 11.4 Å². The monoisotopic (exact) mass is 504 g/mol. The number of halogens is 3. The molecule has 0 radical (unpaired) electrons. The smallest absolute Gasteiger partial charge is 0.481 e. The van der Waals surface area contributed by atoms with E-state index in [1.54, 1.807) is 15.9 Å². The van der Waals surface area contributed by atoms with E-state index in [0.29, 0.717) is 12.2 Å². The first-order chi connectivity index (χ1) is 17.1. The van der Waals surface area contributed by atoms with Gasteiger partial charge in [-0.25, -0.2) is 0 Å². The zero-order valence-electron chi connectivity index (χ0n) is 19.7. The van der Waals surface area contributed by atoms with E-state index in [4.69, 9.17) is 5.11 Å². The molecule has 1 saturated carbocycles. The number of carbonyl (C=O) groups is 3. The van der Waals surface area contributed by atoms with E-state index < -0.39 is 18.1 Å². The van der Waals surface area contributed by atoms with E-state index in [2.05, 4.69) is 4.74 Å². The molecule has 0 aromatic heterocycles. The molecule has 2 amide bonds. The van der Waals surface area contributed by atoms with E-state index in [1.807, 2.05) is 25.1 Å². The largest absolute Gasteiger partial charge is 0.573 e. The third-order valence-electron chi connectivity index (χ3n) is 6.89. The van der Waals surface area contributed by atoms with Gasteiger partial charge >= 0.3 is 12.3 Å². The summed E-state index contributed by atoms with van der Waals surface area (Å²) in [6.45, 7) is 2.25. The standard InChI is InChI=1S/C26H27F3N2O5/c1-2-30(22(32)14-15-23(33)34)24-18-6-3-4-8-20(18)31(21-9-5-7-19(21)24)25(35)16-10-12-17(13-11-16)36-26(27,28)29/h3-4,6,8,10-13,19,21,24H,2,5,7,9,14-15H2,1H3,(H,33,34)/t19-,21-,24-/m0/s1. The third-order valence-corrected chi connectivity index (χ3v) is 6.89. The average Bonchev–Trinajstić information content (AvgIpc) is 3.31. The fraction of sp³-hybridized carbons (Fsp3) is 0.423. The van der Waals surface area contributed by atoms with Gasteiger partial charge in [0, 0.05) is 36.2 Å². The van der Waals surface area contributed by atoms with Crippen LogP contribution >= 0.6 is 0 Å². The zero-order valence-corrected chi connectivity index (χ0v) is 19.7. The molecule has 1 N–H and O–H groups in total. The third kappa shape index (κ3) is 5.17. The van der Waals surface area contributed by atoms with Gasteiger partial charge in [0.05, 0.1) is 12.5 Å². The highest BCUT2D eigenvalue weighted by Crippen LogP contribution is 2.50. The van der Waals surface area contributed by atoms with Crippen LogP contribution in [0.25, 0.3) is 0 Å². The Morgan fingerprint density at radius 2 is 1.75 bits per heavy atom. The Morgan fingerprint density at radius 1 is 1.06 bits per heavy atom. The predicted octanol–water partition coefficient (Wildman–Crippen LogP) is 5.17. The van der Waals surface area contributed by atoms with Crippen LogP contribution in [0.3, 0.4) is 0 Å². The Bertz CT molecular complexity index is 1140. The van der Waals surface area contributed by atoms with Crippen molar-refractivity contribution < 1.29 is 37.4 Å². The van der Waals surface area contributed by atoms with Gasteiger partial charge in [-0.2, -0.15) is 0 Å². The van der Waals surface area contributed by atoms with Crippen molar-refractivity contribution in [2.24, 2.45) is 5.92 Å². The summed E-state index contributed by atoms with van der Waals surface area (Å²) in [5.41, 5.74) is 1.68. The minimum atomic E-state index is -4.82. The number of aliphatic carboxylic acids is 1. The number of fused-ring (bicyclic) bond motifs is 2. The van der Waals surface area contributed by atoms with Crippen molar-refractivity contribution in [3.05, 3.63) is 59.7 Å². The van der Waals surface area contributed by atoms with Gasteiger partial charge in [0.15, 0.2) is 0 Å². The molecule has 10 heteroatoms. The van der Waals surface area contributed by atoms with Crippen LogP contribution in [0.1, 0.15) is 61.0 Å². The Labute approximate surface area is 206 Å². The molecule has 1 heterocycles. The number of alkyl halides is 3. The van der Waals surface area contributed by atoms with Crippen LogP contribution in [-0.2, 0) is 9.59 Å². The van der Waals surface area contributed by atoms with Crippen molar-refractivity contribution in [3.8, 4) is 5.75 Å². The van der Waals surface area contributed by atoms with Gasteiger partial charge in [-0.15, -0.1) is 13.2 Å². The lowest BCUT2D eigenvalue weighted by Gasteiger charge is -2.47. The molecule has 2 aliphatic rings. The molecule has 4 rings (SSSR count). The highest BCUT2D eigenvalue weighted by molar-refractivity contribution is 6.07. The molecule has 36 heavy (non-hydrogen) atoms. The number of benzene rings is 2. The van der Waals surface area contributed by atoms with Crippen molar-refractivity contribution in [2.45, 2.75) is 57.5 Å². The van der Waals surface area contributed by atoms with Gasteiger partial charge < -0.3 is 19.6 Å². The number of para-hydroxylation sites is 1. The Morgan fingerprint density at radius 3 is 2.39 bits per heavy atom. The lowest BCUT2D eigenvalue weighted by atomic mass is 9.81. The number of rotatable bonds is 7. The summed E-state index contributed by atoms with van der Waals surface area (Å²) in [6, 6.07) is 11.7. The lowest BCUT2D eigenvalue weighted by Crippen LogP contribution is -2.52. The minimum absolute atomic E-state index is 0.0505. The number of carboxylic acid groups (broad SMARTS) is 1. The summed E-state index contributed by atoms with van der Waals surface area (Å²) in [6.07, 6.45) is -2.82. The zero-order chi connectivity index (χ0) is 26.0. The average molecular weight is 505 g/mol. The van der Waals surface area contributed by atoms with Gasteiger partial charge in [-0.05, 0) is 55.7 Å². The molecule has 192 valence electrons. The summed E-state index contributed by atoms with van der Waals surface area (Å²) >= 11 is 0. The molecule has 3 atom stereocenters. The normalized spacial score (nSPS) is 20.9. The maximum Gasteiger partial charge on any atom is 0.573 e. The maximum absolute atomic E-state index is 13.7. The van der Waals surface area contributed by atoms with Crippen LogP contribution < -0.4 is 9.64 Å². The van der Waals surface area contributed by atoms with Crippen LogP contribution in [0.4, 0.5) is 18.9 Å². The van der Waals surface area contributed by atoms with E-state index in [1.165, 1.54) is 12.1 Å². The minimum Gasteiger partial charge on any atom is -0.481 e. The highest BCUT2D eigenvalue weighted by Gasteiger charge is 2.48. The van der Waals surface area contributed by atoms with E-state index in [9.17, 15) is 27.6 Å². The molecule has 0 bridgehead atoms. The molecule has 1 aliphatic heterocycles. The van der Waals surface area contributed by atoms with Gasteiger partial charge in [0.2, 0.25) is 5.91 Å². The molecular weight excluding hydrogens is 477 g/mol. The molecular formula is C26H27F3N2O5.